The molecular weight excluding hydrogens is 339 g/mol. The van der Waals surface area contributed by atoms with Crippen molar-refractivity contribution in [1.29, 1.82) is 0 Å². The molecule has 128 valence electrons. The Labute approximate surface area is 146 Å². The van der Waals surface area contributed by atoms with E-state index in [1.165, 1.54) is 0 Å². The van der Waals surface area contributed by atoms with Gasteiger partial charge in [0.05, 0.1) is 5.02 Å². The van der Waals surface area contributed by atoms with Crippen LogP contribution in [0.1, 0.15) is 39.2 Å². The number of nitrogens with one attached hydrogen (secondary N) is 1. The Bertz CT molecular complexity index is 601. The highest BCUT2D eigenvalue weighted by Gasteiger charge is 2.36. The number of benzene rings is 1. The van der Waals surface area contributed by atoms with Gasteiger partial charge in [0.2, 0.25) is 5.91 Å². The topological polar surface area (TPSA) is 81.4 Å². The average molecular weight is 361 g/mol. The smallest absolute Gasteiger partial charge is 0.261 e. The number of carbonyl (C=O) groups is 2. The summed E-state index contributed by atoms with van der Waals surface area (Å²) in [6, 6.07) is 3.25. The summed E-state index contributed by atoms with van der Waals surface area (Å²) < 4.78 is 5.60. The van der Waals surface area contributed by atoms with Crippen LogP contribution in [0.5, 0.6) is 5.75 Å². The molecule has 1 aromatic rings. The zero-order chi connectivity index (χ0) is 17.8. The van der Waals surface area contributed by atoms with E-state index >= 15 is 0 Å². The quantitative estimate of drug-likeness (QED) is 0.782. The molecule has 5 nitrogen and oxygen atoms in total. The van der Waals surface area contributed by atoms with Gasteiger partial charge in [-0.2, -0.15) is 0 Å². The fourth-order valence-electron chi connectivity index (χ4n) is 2.15. The van der Waals surface area contributed by atoms with E-state index < -0.39 is 23.5 Å². The summed E-state index contributed by atoms with van der Waals surface area (Å²) in [6.45, 7) is 6.92. The minimum Gasteiger partial charge on any atom is -0.479 e. The average Bonchev–Trinajstić information content (AvgIpc) is 2.52. The van der Waals surface area contributed by atoms with E-state index in [0.717, 1.165) is 0 Å². The molecule has 1 rings (SSSR count). The highest BCUT2D eigenvalue weighted by atomic mass is 35.5. The molecule has 0 bridgehead atoms. The SMILES string of the molecule is CCC(CC)(NC(=O)C(C)Oc1ccc(Cl)c(C)c1Cl)C(N)=O. The number of hydrogen-bond acceptors (Lipinski definition) is 3. The van der Waals surface area contributed by atoms with Gasteiger partial charge in [0.15, 0.2) is 6.10 Å². The highest BCUT2D eigenvalue weighted by Crippen LogP contribution is 2.33. The number of rotatable bonds is 7. The third-order valence-corrected chi connectivity index (χ3v) is 4.88. The van der Waals surface area contributed by atoms with Crippen LogP contribution in [0.4, 0.5) is 0 Å². The lowest BCUT2D eigenvalue weighted by Gasteiger charge is -2.30. The summed E-state index contributed by atoms with van der Waals surface area (Å²) in [6.07, 6.45) is -0.0409. The van der Waals surface area contributed by atoms with Crippen molar-refractivity contribution in [2.45, 2.75) is 52.2 Å². The Morgan fingerprint density at radius 3 is 2.35 bits per heavy atom. The summed E-state index contributed by atoms with van der Waals surface area (Å²) in [5, 5.41) is 3.56. The van der Waals surface area contributed by atoms with Gasteiger partial charge in [-0.3, -0.25) is 9.59 Å². The lowest BCUT2D eigenvalue weighted by atomic mass is 9.91. The van der Waals surface area contributed by atoms with Crippen molar-refractivity contribution in [3.8, 4) is 5.75 Å². The molecule has 0 aromatic heterocycles. The lowest BCUT2D eigenvalue weighted by molar-refractivity contribution is -0.135. The van der Waals surface area contributed by atoms with E-state index in [1.54, 1.807) is 39.8 Å². The molecule has 2 amide bonds. The van der Waals surface area contributed by atoms with Crippen LogP contribution >= 0.6 is 23.2 Å². The van der Waals surface area contributed by atoms with Crippen molar-refractivity contribution in [1.82, 2.24) is 5.32 Å². The molecule has 7 heteroatoms. The molecule has 0 aliphatic heterocycles. The molecule has 0 spiro atoms. The maximum Gasteiger partial charge on any atom is 0.261 e. The van der Waals surface area contributed by atoms with E-state index in [2.05, 4.69) is 5.32 Å². The number of halogens is 2. The fourth-order valence-corrected chi connectivity index (χ4v) is 2.56. The predicted molar refractivity (Wildman–Crippen MR) is 91.9 cm³/mol. The maximum absolute atomic E-state index is 12.3. The zero-order valence-corrected chi connectivity index (χ0v) is 15.2. The lowest BCUT2D eigenvalue weighted by Crippen LogP contribution is -2.59. The molecule has 0 heterocycles. The monoisotopic (exact) mass is 360 g/mol. The summed E-state index contributed by atoms with van der Waals surface area (Å²) in [7, 11) is 0. The van der Waals surface area contributed by atoms with E-state index in [0.29, 0.717) is 34.2 Å². The first-order valence-electron chi connectivity index (χ1n) is 7.41. The maximum atomic E-state index is 12.3. The Morgan fingerprint density at radius 2 is 1.87 bits per heavy atom. The second kappa shape index (κ2) is 7.88. The van der Waals surface area contributed by atoms with Crippen LogP contribution in [-0.2, 0) is 9.59 Å². The molecule has 1 atom stereocenters. The van der Waals surface area contributed by atoms with Crippen LogP contribution in [0.15, 0.2) is 12.1 Å². The number of ether oxygens (including phenoxy) is 1. The molecule has 23 heavy (non-hydrogen) atoms. The molecule has 0 radical (unpaired) electrons. The number of hydrogen-bond donors (Lipinski definition) is 2. The molecule has 0 saturated heterocycles. The van der Waals surface area contributed by atoms with Crippen LogP contribution in [-0.4, -0.2) is 23.5 Å². The Balaban J connectivity index is 2.90. The van der Waals surface area contributed by atoms with Crippen molar-refractivity contribution < 1.29 is 14.3 Å². The normalized spacial score (nSPS) is 12.6. The molecule has 3 N–H and O–H groups in total. The predicted octanol–water partition coefficient (Wildman–Crippen LogP) is 3.23. The van der Waals surface area contributed by atoms with Gasteiger partial charge in [-0.15, -0.1) is 0 Å². The van der Waals surface area contributed by atoms with E-state index in [-0.39, 0.29) is 0 Å². The minimum atomic E-state index is -1.07. The van der Waals surface area contributed by atoms with Crippen molar-refractivity contribution in [3.63, 3.8) is 0 Å². The van der Waals surface area contributed by atoms with Crippen LogP contribution < -0.4 is 15.8 Å². The fraction of sp³-hybridized carbons (Fsp3) is 0.500. The van der Waals surface area contributed by atoms with Crippen molar-refractivity contribution in [2.75, 3.05) is 0 Å². The number of carbonyl (C=O) groups excluding carboxylic acids is 2. The molecule has 0 aliphatic rings. The van der Waals surface area contributed by atoms with Crippen molar-refractivity contribution in [3.05, 3.63) is 27.7 Å². The Hall–Kier alpha value is -1.46. The van der Waals surface area contributed by atoms with Gasteiger partial charge in [0.1, 0.15) is 11.3 Å². The summed E-state index contributed by atoms with van der Waals surface area (Å²) in [5.74, 6) is -0.645. The molecule has 0 aliphatic carbocycles. The van der Waals surface area contributed by atoms with Gasteiger partial charge < -0.3 is 15.8 Å². The second-order valence-corrected chi connectivity index (χ2v) is 6.17. The standard InChI is InChI=1S/C16H22Cl2N2O3/c1-5-16(6-2,15(19)22)20-14(21)10(4)23-12-8-7-11(17)9(3)13(12)18/h7-8,10H,5-6H2,1-4H3,(H2,19,22)(H,20,21). The molecular formula is C16H22Cl2N2O3. The van der Waals surface area contributed by atoms with Crippen LogP contribution in [0.2, 0.25) is 10.0 Å². The molecule has 0 saturated carbocycles. The summed E-state index contributed by atoms with van der Waals surface area (Å²) in [4.78, 5) is 24.0. The first kappa shape index (κ1) is 19.6. The zero-order valence-electron chi connectivity index (χ0n) is 13.7. The number of nitrogens with two attached hydrogens (primary N) is 1. The first-order valence-corrected chi connectivity index (χ1v) is 8.17. The Morgan fingerprint density at radius 1 is 1.30 bits per heavy atom. The van der Waals surface area contributed by atoms with Gasteiger partial charge in [0.25, 0.3) is 5.91 Å². The van der Waals surface area contributed by atoms with E-state index in [1.807, 2.05) is 0 Å². The van der Waals surface area contributed by atoms with Crippen LogP contribution in [0.25, 0.3) is 0 Å². The first-order chi connectivity index (χ1) is 10.7. The molecule has 1 unspecified atom stereocenters. The van der Waals surface area contributed by atoms with Gasteiger partial charge in [0, 0.05) is 5.02 Å². The number of primary amides is 1. The van der Waals surface area contributed by atoms with Crippen molar-refractivity contribution >= 4 is 35.0 Å². The largest absolute Gasteiger partial charge is 0.479 e. The third-order valence-electron chi connectivity index (χ3n) is 4.00. The van der Waals surface area contributed by atoms with Gasteiger partial charge in [-0.1, -0.05) is 37.0 Å². The van der Waals surface area contributed by atoms with E-state index in [4.69, 9.17) is 33.7 Å². The highest BCUT2D eigenvalue weighted by molar-refractivity contribution is 6.36. The third kappa shape index (κ3) is 4.30. The molecule has 1 aromatic carbocycles. The summed E-state index contributed by atoms with van der Waals surface area (Å²) >= 11 is 12.1. The van der Waals surface area contributed by atoms with Crippen molar-refractivity contribution in [2.24, 2.45) is 5.73 Å². The molecule has 0 fully saturated rings. The second-order valence-electron chi connectivity index (χ2n) is 5.39. The summed E-state index contributed by atoms with van der Waals surface area (Å²) in [5.41, 5.74) is 5.02. The van der Waals surface area contributed by atoms with E-state index in [9.17, 15) is 9.59 Å². The number of amides is 2. The van der Waals surface area contributed by atoms with Crippen LogP contribution in [0, 0.1) is 6.92 Å². The van der Waals surface area contributed by atoms with Gasteiger partial charge >= 0.3 is 0 Å². The Kier molecular flexibility index (Phi) is 6.71. The minimum absolute atomic E-state index is 0.351. The van der Waals surface area contributed by atoms with Gasteiger partial charge in [-0.25, -0.2) is 0 Å². The van der Waals surface area contributed by atoms with Gasteiger partial charge in [-0.05, 0) is 44.4 Å². The van der Waals surface area contributed by atoms with Crippen LogP contribution in [0.3, 0.4) is 0 Å².